The van der Waals surface area contributed by atoms with Crippen LogP contribution < -0.4 is 5.32 Å². The van der Waals surface area contributed by atoms with Crippen LogP contribution in [0.15, 0.2) is 54.0 Å². The summed E-state index contributed by atoms with van der Waals surface area (Å²) in [5, 5.41) is 5.33. The molecule has 0 saturated carbocycles. The number of nitrogens with zero attached hydrogens (tertiary/aromatic N) is 2. The first kappa shape index (κ1) is 14.3. The van der Waals surface area contributed by atoms with E-state index in [-0.39, 0.29) is 18.1 Å². The summed E-state index contributed by atoms with van der Waals surface area (Å²) in [6.45, 7) is 0. The van der Waals surface area contributed by atoms with E-state index in [2.05, 4.69) is 15.3 Å². The Kier molecular flexibility index (Phi) is 4.20. The number of rotatable bonds is 4. The van der Waals surface area contributed by atoms with E-state index in [0.717, 1.165) is 10.7 Å². The number of carbonyl (C=O) groups excluding carboxylic acids is 1. The zero-order valence-corrected chi connectivity index (χ0v) is 12.3. The number of benzene rings is 1. The molecule has 0 saturated heterocycles. The molecule has 1 N–H and O–H groups in total. The van der Waals surface area contributed by atoms with Crippen molar-refractivity contribution in [3.63, 3.8) is 0 Å². The fourth-order valence-corrected chi connectivity index (χ4v) is 2.69. The molecular formula is C16H12FN3OS. The lowest BCUT2D eigenvalue weighted by molar-refractivity contribution is -0.115. The molecule has 2 aromatic heterocycles. The van der Waals surface area contributed by atoms with Crippen LogP contribution in [0.4, 0.5) is 10.1 Å². The predicted octanol–water partition coefficient (Wildman–Crippen LogP) is 3.53. The summed E-state index contributed by atoms with van der Waals surface area (Å²) in [7, 11) is 0. The van der Waals surface area contributed by atoms with Gasteiger partial charge >= 0.3 is 0 Å². The number of pyridine rings is 1. The topological polar surface area (TPSA) is 54.9 Å². The van der Waals surface area contributed by atoms with Crippen LogP contribution in [0, 0.1) is 5.82 Å². The number of halogens is 1. The van der Waals surface area contributed by atoms with Crippen LogP contribution in [0.5, 0.6) is 0 Å². The highest BCUT2D eigenvalue weighted by Gasteiger charge is 2.10. The van der Waals surface area contributed by atoms with Crippen LogP contribution >= 0.6 is 11.3 Å². The molecule has 0 aliphatic heterocycles. The molecule has 3 rings (SSSR count). The molecule has 6 heteroatoms. The number of aromatic nitrogens is 2. The Morgan fingerprint density at radius 3 is 2.73 bits per heavy atom. The maximum Gasteiger partial charge on any atom is 0.230 e. The fourth-order valence-electron chi connectivity index (χ4n) is 1.90. The van der Waals surface area contributed by atoms with Crippen molar-refractivity contribution in [3.8, 4) is 10.7 Å². The van der Waals surface area contributed by atoms with Crippen molar-refractivity contribution in [2.45, 2.75) is 6.42 Å². The van der Waals surface area contributed by atoms with Crippen LogP contribution in [0.25, 0.3) is 10.7 Å². The molecule has 1 aromatic carbocycles. The van der Waals surface area contributed by atoms with E-state index in [1.165, 1.54) is 35.6 Å². The number of hydrogen-bond donors (Lipinski definition) is 1. The van der Waals surface area contributed by atoms with Gasteiger partial charge in [0.1, 0.15) is 10.8 Å². The van der Waals surface area contributed by atoms with E-state index >= 15 is 0 Å². The third-order valence-electron chi connectivity index (χ3n) is 2.91. The second-order valence-corrected chi connectivity index (χ2v) is 5.45. The Morgan fingerprint density at radius 2 is 2.00 bits per heavy atom. The van der Waals surface area contributed by atoms with Crippen molar-refractivity contribution >= 4 is 22.9 Å². The van der Waals surface area contributed by atoms with Gasteiger partial charge in [0, 0.05) is 17.3 Å². The molecule has 22 heavy (non-hydrogen) atoms. The van der Waals surface area contributed by atoms with Gasteiger partial charge in [-0.25, -0.2) is 9.37 Å². The second kappa shape index (κ2) is 6.44. The summed E-state index contributed by atoms with van der Waals surface area (Å²) in [6.07, 6.45) is 1.87. The Bertz CT molecular complexity index is 772. The van der Waals surface area contributed by atoms with Gasteiger partial charge in [-0.1, -0.05) is 6.07 Å². The molecule has 3 aromatic rings. The Labute approximate surface area is 130 Å². The fraction of sp³-hybridized carbons (Fsp3) is 0.0625. The molecule has 0 unspecified atom stereocenters. The third-order valence-corrected chi connectivity index (χ3v) is 3.82. The molecule has 4 nitrogen and oxygen atoms in total. The second-order valence-electron chi connectivity index (χ2n) is 4.59. The average Bonchev–Trinajstić information content (AvgIpc) is 2.99. The van der Waals surface area contributed by atoms with Gasteiger partial charge in [-0.05, 0) is 36.4 Å². The van der Waals surface area contributed by atoms with Gasteiger partial charge in [-0.2, -0.15) is 0 Å². The molecule has 1 amide bonds. The lowest BCUT2D eigenvalue weighted by atomic mass is 10.2. The average molecular weight is 313 g/mol. The zero-order valence-electron chi connectivity index (χ0n) is 11.5. The van der Waals surface area contributed by atoms with Gasteiger partial charge in [0.15, 0.2) is 0 Å². The van der Waals surface area contributed by atoms with Crippen molar-refractivity contribution in [3.05, 3.63) is 65.6 Å². The van der Waals surface area contributed by atoms with E-state index < -0.39 is 0 Å². The van der Waals surface area contributed by atoms with Gasteiger partial charge in [-0.15, -0.1) is 11.3 Å². The number of hydrogen-bond acceptors (Lipinski definition) is 4. The molecule has 2 heterocycles. The van der Waals surface area contributed by atoms with E-state index in [1.807, 2.05) is 23.6 Å². The Hall–Kier alpha value is -2.60. The molecular weight excluding hydrogens is 301 g/mol. The lowest BCUT2D eigenvalue weighted by Gasteiger charge is -2.03. The largest absolute Gasteiger partial charge is 0.326 e. The van der Waals surface area contributed by atoms with Gasteiger partial charge in [0.25, 0.3) is 0 Å². The summed E-state index contributed by atoms with van der Waals surface area (Å²) in [4.78, 5) is 20.6. The minimum Gasteiger partial charge on any atom is -0.326 e. The highest BCUT2D eigenvalue weighted by atomic mass is 32.1. The first-order valence-corrected chi connectivity index (χ1v) is 7.50. The number of amides is 1. The lowest BCUT2D eigenvalue weighted by Crippen LogP contribution is -2.14. The van der Waals surface area contributed by atoms with E-state index in [9.17, 15) is 9.18 Å². The summed E-state index contributed by atoms with van der Waals surface area (Å²) in [5.41, 5.74) is 2.04. The van der Waals surface area contributed by atoms with Crippen LogP contribution in [0.2, 0.25) is 0 Å². The molecule has 0 bridgehead atoms. The van der Waals surface area contributed by atoms with Crippen LogP contribution in [-0.2, 0) is 11.2 Å². The van der Waals surface area contributed by atoms with E-state index in [4.69, 9.17) is 0 Å². The summed E-state index contributed by atoms with van der Waals surface area (Å²) >= 11 is 1.45. The number of nitrogens with one attached hydrogen (secondary N) is 1. The van der Waals surface area contributed by atoms with Crippen molar-refractivity contribution in [1.29, 1.82) is 0 Å². The predicted molar refractivity (Wildman–Crippen MR) is 84.1 cm³/mol. The summed E-state index contributed by atoms with van der Waals surface area (Å²) in [6, 6.07) is 11.3. The molecule has 0 aliphatic rings. The van der Waals surface area contributed by atoms with Crippen molar-refractivity contribution in [1.82, 2.24) is 9.97 Å². The van der Waals surface area contributed by atoms with Crippen molar-refractivity contribution < 1.29 is 9.18 Å². The SMILES string of the molecule is O=C(Cc1csc(-c2ccccn2)n1)Nc1ccc(F)cc1. The van der Waals surface area contributed by atoms with Gasteiger partial charge in [0.2, 0.25) is 5.91 Å². The number of thiazole rings is 1. The third kappa shape index (κ3) is 3.53. The minimum absolute atomic E-state index is 0.167. The Morgan fingerprint density at radius 1 is 1.18 bits per heavy atom. The maximum absolute atomic E-state index is 12.8. The van der Waals surface area contributed by atoms with Gasteiger partial charge in [-0.3, -0.25) is 9.78 Å². The van der Waals surface area contributed by atoms with E-state index in [1.54, 1.807) is 6.20 Å². The minimum atomic E-state index is -0.336. The smallest absolute Gasteiger partial charge is 0.230 e. The van der Waals surface area contributed by atoms with Gasteiger partial charge in [0.05, 0.1) is 17.8 Å². The molecule has 0 fully saturated rings. The quantitative estimate of drug-likeness (QED) is 0.801. The van der Waals surface area contributed by atoms with E-state index in [0.29, 0.717) is 11.4 Å². The molecule has 0 atom stereocenters. The summed E-state index contributed by atoms with van der Waals surface area (Å²) in [5.74, 6) is -0.526. The Balaban J connectivity index is 1.65. The molecule has 0 aliphatic carbocycles. The van der Waals surface area contributed by atoms with Gasteiger partial charge < -0.3 is 5.32 Å². The normalized spacial score (nSPS) is 10.4. The van der Waals surface area contributed by atoms with Crippen molar-refractivity contribution in [2.75, 3.05) is 5.32 Å². The van der Waals surface area contributed by atoms with Crippen LogP contribution in [0.1, 0.15) is 5.69 Å². The number of anilines is 1. The highest BCUT2D eigenvalue weighted by molar-refractivity contribution is 7.13. The first-order chi connectivity index (χ1) is 10.7. The molecule has 110 valence electrons. The molecule has 0 spiro atoms. The standard InChI is InChI=1S/C16H12FN3OS/c17-11-4-6-12(7-5-11)19-15(21)9-13-10-22-16(20-13)14-3-1-2-8-18-14/h1-8,10H,9H2,(H,19,21). The van der Waals surface area contributed by atoms with Crippen LogP contribution in [-0.4, -0.2) is 15.9 Å². The van der Waals surface area contributed by atoms with Crippen LogP contribution in [0.3, 0.4) is 0 Å². The zero-order chi connectivity index (χ0) is 15.4. The highest BCUT2D eigenvalue weighted by Crippen LogP contribution is 2.21. The van der Waals surface area contributed by atoms with Crippen molar-refractivity contribution in [2.24, 2.45) is 0 Å². The maximum atomic E-state index is 12.8. The molecule has 0 radical (unpaired) electrons. The number of carbonyl (C=O) groups is 1. The summed E-state index contributed by atoms with van der Waals surface area (Å²) < 4.78 is 12.8. The monoisotopic (exact) mass is 313 g/mol. The first-order valence-electron chi connectivity index (χ1n) is 6.62.